The molecule has 3 N–H and O–H groups in total. The Morgan fingerprint density at radius 3 is 2.27 bits per heavy atom. The molecule has 2 atom stereocenters. The number of halogens is 2. The first kappa shape index (κ1) is 29.1. The molecule has 0 saturated carbocycles. The SMILES string of the molecule is CCc1cccc(CNC[C@@H](O)[C@H](Cc2cc(F)cc(F)c2)NC(=O)CCC(=O)c2ccc3ccccc3c2)c1. The molecule has 0 spiro atoms. The summed E-state index contributed by atoms with van der Waals surface area (Å²) in [4.78, 5) is 25.6. The monoisotopic (exact) mass is 544 g/mol. The fourth-order valence-electron chi connectivity index (χ4n) is 4.75. The highest BCUT2D eigenvalue weighted by Gasteiger charge is 2.23. The molecular formula is C33H34F2N2O3. The van der Waals surface area contributed by atoms with E-state index in [1.54, 1.807) is 6.07 Å². The number of hydrogen-bond acceptors (Lipinski definition) is 4. The van der Waals surface area contributed by atoms with Crippen molar-refractivity contribution in [1.82, 2.24) is 10.6 Å². The van der Waals surface area contributed by atoms with Gasteiger partial charge in [-0.2, -0.15) is 0 Å². The van der Waals surface area contributed by atoms with Gasteiger partial charge in [0.2, 0.25) is 5.91 Å². The van der Waals surface area contributed by atoms with Crippen molar-refractivity contribution in [1.29, 1.82) is 0 Å². The average Bonchev–Trinajstić information content (AvgIpc) is 2.94. The zero-order valence-electron chi connectivity index (χ0n) is 22.5. The Morgan fingerprint density at radius 2 is 1.52 bits per heavy atom. The van der Waals surface area contributed by atoms with Crippen molar-refractivity contribution in [2.24, 2.45) is 0 Å². The number of fused-ring (bicyclic) bond motifs is 1. The van der Waals surface area contributed by atoms with Crippen LogP contribution in [-0.2, 0) is 24.2 Å². The molecule has 0 fully saturated rings. The lowest BCUT2D eigenvalue weighted by Gasteiger charge is -2.25. The van der Waals surface area contributed by atoms with E-state index in [-0.39, 0.29) is 31.6 Å². The highest BCUT2D eigenvalue weighted by atomic mass is 19.1. The van der Waals surface area contributed by atoms with Gasteiger partial charge in [-0.05, 0) is 58.5 Å². The van der Waals surface area contributed by atoms with Crippen molar-refractivity contribution in [2.75, 3.05) is 6.54 Å². The molecule has 0 aliphatic heterocycles. The van der Waals surface area contributed by atoms with Crippen LogP contribution in [0.5, 0.6) is 0 Å². The maximum absolute atomic E-state index is 13.8. The number of amides is 1. The predicted molar refractivity (Wildman–Crippen MR) is 153 cm³/mol. The third kappa shape index (κ3) is 8.28. The first-order valence-electron chi connectivity index (χ1n) is 13.5. The first-order valence-corrected chi connectivity index (χ1v) is 13.5. The molecule has 4 rings (SSSR count). The van der Waals surface area contributed by atoms with Crippen LogP contribution in [0.3, 0.4) is 0 Å². The van der Waals surface area contributed by atoms with E-state index in [0.29, 0.717) is 17.7 Å². The van der Waals surface area contributed by atoms with Gasteiger partial charge in [0, 0.05) is 37.6 Å². The number of Topliss-reactive ketones (excluding diaryl/α,β-unsaturated/α-hetero) is 1. The van der Waals surface area contributed by atoms with Crippen molar-refractivity contribution < 1.29 is 23.5 Å². The van der Waals surface area contributed by atoms with Crippen molar-refractivity contribution in [3.8, 4) is 0 Å². The summed E-state index contributed by atoms with van der Waals surface area (Å²) < 4.78 is 27.6. The Bertz CT molecular complexity index is 1450. The molecule has 0 unspecified atom stereocenters. The summed E-state index contributed by atoms with van der Waals surface area (Å²) in [5.74, 6) is -2.05. The topological polar surface area (TPSA) is 78.4 Å². The lowest BCUT2D eigenvalue weighted by atomic mass is 9.99. The van der Waals surface area contributed by atoms with Crippen molar-refractivity contribution in [2.45, 2.75) is 51.3 Å². The summed E-state index contributed by atoms with van der Waals surface area (Å²) in [5, 5.41) is 18.9. The lowest BCUT2D eigenvalue weighted by molar-refractivity contribution is -0.122. The van der Waals surface area contributed by atoms with Gasteiger partial charge in [0.25, 0.3) is 0 Å². The highest BCUT2D eigenvalue weighted by molar-refractivity contribution is 6.01. The molecule has 4 aromatic rings. The van der Waals surface area contributed by atoms with Crippen LogP contribution in [0.1, 0.15) is 46.8 Å². The summed E-state index contributed by atoms with van der Waals surface area (Å²) in [6.07, 6.45) is -0.191. The highest BCUT2D eigenvalue weighted by Crippen LogP contribution is 2.18. The Labute approximate surface area is 233 Å². The van der Waals surface area contributed by atoms with Gasteiger partial charge in [0.15, 0.2) is 5.78 Å². The van der Waals surface area contributed by atoms with E-state index in [4.69, 9.17) is 0 Å². The van der Waals surface area contributed by atoms with Gasteiger partial charge in [-0.15, -0.1) is 0 Å². The van der Waals surface area contributed by atoms with Crippen LogP contribution in [0.4, 0.5) is 8.78 Å². The fourth-order valence-corrected chi connectivity index (χ4v) is 4.75. The molecule has 4 aromatic carbocycles. The van der Waals surface area contributed by atoms with Gasteiger partial charge < -0.3 is 15.7 Å². The third-order valence-electron chi connectivity index (χ3n) is 6.92. The van der Waals surface area contributed by atoms with Crippen LogP contribution >= 0.6 is 0 Å². The summed E-state index contributed by atoms with van der Waals surface area (Å²) >= 11 is 0. The molecule has 0 heterocycles. The van der Waals surface area contributed by atoms with Gasteiger partial charge in [0.1, 0.15) is 11.6 Å². The van der Waals surface area contributed by atoms with E-state index in [2.05, 4.69) is 23.6 Å². The van der Waals surface area contributed by atoms with E-state index >= 15 is 0 Å². The molecule has 208 valence electrons. The minimum Gasteiger partial charge on any atom is -0.390 e. The van der Waals surface area contributed by atoms with E-state index in [1.165, 1.54) is 17.7 Å². The molecule has 0 radical (unpaired) electrons. The molecule has 0 aliphatic carbocycles. The van der Waals surface area contributed by atoms with Gasteiger partial charge in [-0.3, -0.25) is 9.59 Å². The Hall–Kier alpha value is -3.94. The van der Waals surface area contributed by atoms with E-state index in [0.717, 1.165) is 28.8 Å². The average molecular weight is 545 g/mol. The smallest absolute Gasteiger partial charge is 0.220 e. The van der Waals surface area contributed by atoms with Crippen LogP contribution in [0, 0.1) is 11.6 Å². The van der Waals surface area contributed by atoms with E-state index in [1.807, 2.05) is 54.6 Å². The molecule has 0 aliphatic rings. The van der Waals surface area contributed by atoms with Crippen molar-refractivity contribution >= 4 is 22.5 Å². The molecule has 0 bridgehead atoms. The van der Waals surface area contributed by atoms with Gasteiger partial charge in [-0.25, -0.2) is 8.78 Å². The van der Waals surface area contributed by atoms with Gasteiger partial charge >= 0.3 is 0 Å². The second-order valence-corrected chi connectivity index (χ2v) is 10.0. The molecule has 0 aromatic heterocycles. The van der Waals surface area contributed by atoms with Crippen LogP contribution in [0.25, 0.3) is 10.8 Å². The number of aliphatic hydroxyl groups excluding tert-OH is 1. The van der Waals surface area contributed by atoms with Crippen molar-refractivity contribution in [3.63, 3.8) is 0 Å². The van der Waals surface area contributed by atoms with E-state index < -0.39 is 29.7 Å². The molecule has 0 saturated heterocycles. The van der Waals surface area contributed by atoms with Gasteiger partial charge in [-0.1, -0.05) is 67.6 Å². The number of benzene rings is 4. The number of carbonyl (C=O) groups is 2. The largest absolute Gasteiger partial charge is 0.390 e. The van der Waals surface area contributed by atoms with Crippen LogP contribution in [0.2, 0.25) is 0 Å². The number of ketones is 1. The quantitative estimate of drug-likeness (QED) is 0.194. The van der Waals surface area contributed by atoms with Crippen LogP contribution < -0.4 is 10.6 Å². The Balaban J connectivity index is 1.38. The number of aryl methyl sites for hydroxylation is 1. The zero-order valence-corrected chi connectivity index (χ0v) is 22.5. The molecule has 40 heavy (non-hydrogen) atoms. The maximum atomic E-state index is 13.8. The summed E-state index contributed by atoms with van der Waals surface area (Å²) in [7, 11) is 0. The number of nitrogens with one attached hydrogen (secondary N) is 2. The van der Waals surface area contributed by atoms with Gasteiger partial charge in [0.05, 0.1) is 12.1 Å². The second-order valence-electron chi connectivity index (χ2n) is 10.0. The molecule has 5 nitrogen and oxygen atoms in total. The molecule has 7 heteroatoms. The minimum atomic E-state index is -1.04. The summed E-state index contributed by atoms with van der Waals surface area (Å²) in [6, 6.07) is 23.6. The lowest BCUT2D eigenvalue weighted by Crippen LogP contribution is -2.48. The zero-order chi connectivity index (χ0) is 28.5. The van der Waals surface area contributed by atoms with E-state index in [9.17, 15) is 23.5 Å². The van der Waals surface area contributed by atoms with Crippen molar-refractivity contribution in [3.05, 3.63) is 119 Å². The number of rotatable bonds is 13. The Kier molecular flexibility index (Phi) is 10.1. The predicted octanol–water partition coefficient (Wildman–Crippen LogP) is 5.52. The summed E-state index contributed by atoms with van der Waals surface area (Å²) in [5.41, 5.74) is 3.10. The summed E-state index contributed by atoms with van der Waals surface area (Å²) in [6.45, 7) is 2.74. The van der Waals surface area contributed by atoms with Crippen LogP contribution in [-0.4, -0.2) is 35.5 Å². The normalized spacial score (nSPS) is 12.7. The standard InChI is InChI=1S/C33H34F2N2O3/c1-2-22-6-5-7-23(14-22)20-36-21-32(39)30(17-24-15-28(34)19-29(35)16-24)37-33(40)13-12-31(38)27-11-10-25-8-3-4-9-26(25)18-27/h3-11,14-16,18-19,30,32,36,39H,2,12-13,17,20-21H2,1H3,(H,37,40)/t30-,32+/m0/s1. The van der Waals surface area contributed by atoms with Crippen LogP contribution in [0.15, 0.2) is 84.9 Å². The number of hydrogen-bond donors (Lipinski definition) is 3. The fraction of sp³-hybridized carbons (Fsp3) is 0.273. The third-order valence-corrected chi connectivity index (χ3v) is 6.92. The Morgan fingerprint density at radius 1 is 0.800 bits per heavy atom. The first-order chi connectivity index (χ1) is 19.3. The minimum absolute atomic E-state index is 0.00635. The number of aliphatic hydroxyl groups is 1. The number of carbonyl (C=O) groups excluding carboxylic acids is 2. The second kappa shape index (κ2) is 13.9. The maximum Gasteiger partial charge on any atom is 0.220 e. The molecular weight excluding hydrogens is 510 g/mol. The molecule has 1 amide bonds.